The van der Waals surface area contributed by atoms with Gasteiger partial charge in [-0.1, -0.05) is 42.5 Å². The van der Waals surface area contributed by atoms with Crippen molar-refractivity contribution in [2.45, 2.75) is 5.38 Å². The first kappa shape index (κ1) is 19.2. The first-order valence-electron chi connectivity index (χ1n) is 8.45. The van der Waals surface area contributed by atoms with Gasteiger partial charge in [-0.2, -0.15) is 0 Å². The molecule has 0 fully saturated rings. The molecule has 0 bridgehead atoms. The molecule has 0 saturated carbocycles. The van der Waals surface area contributed by atoms with Crippen molar-refractivity contribution in [2.75, 3.05) is 5.32 Å². The van der Waals surface area contributed by atoms with Gasteiger partial charge in [0.1, 0.15) is 5.38 Å². The molecule has 4 aromatic rings. The average Bonchev–Trinajstić information content (AvgIpc) is 3.13. The summed E-state index contributed by atoms with van der Waals surface area (Å²) in [7, 11) is 0. The molecule has 0 aliphatic carbocycles. The summed E-state index contributed by atoms with van der Waals surface area (Å²) in [6.07, 6.45) is 3.89. The minimum atomic E-state index is -0.756. The molecule has 0 saturated heterocycles. The van der Waals surface area contributed by atoms with E-state index in [4.69, 9.17) is 11.6 Å². The molecule has 1 amide bonds. The van der Waals surface area contributed by atoms with Gasteiger partial charge in [0.2, 0.25) is 5.91 Å². The molecular formula is C21H14Br2ClN3O. The van der Waals surface area contributed by atoms with Crippen LogP contribution in [-0.2, 0) is 4.79 Å². The third-order valence-electron chi connectivity index (χ3n) is 4.22. The lowest BCUT2D eigenvalue weighted by Gasteiger charge is -2.11. The van der Waals surface area contributed by atoms with Crippen LogP contribution in [0.5, 0.6) is 0 Å². The van der Waals surface area contributed by atoms with E-state index >= 15 is 0 Å². The van der Waals surface area contributed by atoms with Gasteiger partial charge in [-0.3, -0.25) is 4.79 Å². The Hall–Kier alpha value is -2.15. The molecule has 1 atom stereocenters. The van der Waals surface area contributed by atoms with E-state index in [1.165, 1.54) is 0 Å². The smallest absolute Gasteiger partial charge is 0.246 e. The number of carbonyl (C=O) groups is 1. The molecule has 1 unspecified atom stereocenters. The number of aromatic nitrogens is 2. The normalized spacial score (nSPS) is 12.1. The lowest BCUT2D eigenvalue weighted by atomic mass is 10.1. The lowest BCUT2D eigenvalue weighted by Crippen LogP contribution is -2.17. The molecule has 4 rings (SSSR count). The highest BCUT2D eigenvalue weighted by molar-refractivity contribution is 9.11. The zero-order chi connectivity index (χ0) is 19.7. The van der Waals surface area contributed by atoms with Gasteiger partial charge in [0, 0.05) is 28.1 Å². The molecule has 28 heavy (non-hydrogen) atoms. The second-order valence-electron chi connectivity index (χ2n) is 6.21. The second kappa shape index (κ2) is 8.07. The van der Waals surface area contributed by atoms with E-state index < -0.39 is 5.38 Å². The van der Waals surface area contributed by atoms with Gasteiger partial charge >= 0.3 is 0 Å². The highest BCUT2D eigenvalue weighted by Crippen LogP contribution is 2.28. The van der Waals surface area contributed by atoms with E-state index in [1.54, 1.807) is 0 Å². The number of halogens is 3. The molecule has 4 nitrogen and oxygen atoms in total. The summed E-state index contributed by atoms with van der Waals surface area (Å²) in [5, 5.41) is 2.13. The zero-order valence-electron chi connectivity index (χ0n) is 14.4. The maximum Gasteiger partial charge on any atom is 0.246 e. The van der Waals surface area contributed by atoms with Crippen molar-refractivity contribution in [3.05, 3.63) is 87.6 Å². The molecule has 1 N–H and O–H groups in total. The molecule has 2 heterocycles. The first-order valence-corrected chi connectivity index (χ1v) is 10.5. The number of carbonyl (C=O) groups excluding carboxylic acids is 1. The number of amides is 1. The molecule has 0 aliphatic rings. The predicted octanol–water partition coefficient (Wildman–Crippen LogP) is 6.44. The summed E-state index contributed by atoms with van der Waals surface area (Å²) < 4.78 is 3.79. The van der Waals surface area contributed by atoms with Gasteiger partial charge in [0.05, 0.1) is 10.2 Å². The number of nitrogens with zero attached hydrogens (tertiary/aromatic N) is 2. The van der Waals surface area contributed by atoms with Crippen molar-refractivity contribution >= 4 is 60.7 Å². The molecule has 2 aromatic heterocycles. The van der Waals surface area contributed by atoms with Crippen LogP contribution in [0.4, 0.5) is 5.69 Å². The van der Waals surface area contributed by atoms with Gasteiger partial charge < -0.3 is 9.72 Å². The largest absolute Gasteiger partial charge is 0.324 e. The van der Waals surface area contributed by atoms with Crippen LogP contribution in [-0.4, -0.2) is 15.3 Å². The zero-order valence-corrected chi connectivity index (χ0v) is 18.4. The molecule has 0 spiro atoms. The molecule has 0 aliphatic heterocycles. The van der Waals surface area contributed by atoms with Crippen LogP contribution in [0, 0.1) is 0 Å². The van der Waals surface area contributed by atoms with Crippen molar-refractivity contribution < 1.29 is 4.79 Å². The van der Waals surface area contributed by atoms with Gasteiger partial charge in [-0.15, -0.1) is 11.6 Å². The minimum Gasteiger partial charge on any atom is -0.324 e. The van der Waals surface area contributed by atoms with E-state index in [2.05, 4.69) is 42.2 Å². The molecule has 2 aromatic carbocycles. The van der Waals surface area contributed by atoms with Crippen molar-refractivity contribution in [3.63, 3.8) is 0 Å². The fourth-order valence-electron chi connectivity index (χ4n) is 2.90. The number of alkyl halides is 1. The van der Waals surface area contributed by atoms with Gasteiger partial charge in [0.25, 0.3) is 0 Å². The Morgan fingerprint density at radius 2 is 1.82 bits per heavy atom. The summed E-state index contributed by atoms with van der Waals surface area (Å²) in [4.78, 5) is 17.2. The SMILES string of the molecule is O=C(Nc1cccc(-c2cn3cc(Br)cc(Br)c3n2)c1)C(Cl)c1ccccc1. The number of anilines is 1. The number of rotatable bonds is 4. The minimum absolute atomic E-state index is 0.272. The standard InChI is InChI=1S/C21H14Br2ClN3O/c22-15-10-17(23)20-26-18(12-27(20)11-15)14-7-4-8-16(9-14)25-21(28)19(24)13-5-2-1-3-6-13/h1-12,19H,(H,25,28). The lowest BCUT2D eigenvalue weighted by molar-refractivity contribution is -0.116. The highest BCUT2D eigenvalue weighted by atomic mass is 79.9. The first-order chi connectivity index (χ1) is 13.5. The van der Waals surface area contributed by atoms with E-state index in [0.29, 0.717) is 5.69 Å². The van der Waals surface area contributed by atoms with Gasteiger partial charge in [-0.05, 0) is 55.6 Å². The van der Waals surface area contributed by atoms with Gasteiger partial charge in [-0.25, -0.2) is 4.98 Å². The Bertz CT molecular complexity index is 1160. The number of benzene rings is 2. The fourth-order valence-corrected chi connectivity index (χ4v) is 4.40. The topological polar surface area (TPSA) is 46.4 Å². The van der Waals surface area contributed by atoms with Crippen molar-refractivity contribution in [1.29, 1.82) is 0 Å². The highest BCUT2D eigenvalue weighted by Gasteiger charge is 2.17. The van der Waals surface area contributed by atoms with Crippen LogP contribution in [0.2, 0.25) is 0 Å². The Balaban J connectivity index is 1.60. The second-order valence-corrected chi connectivity index (χ2v) is 8.41. The quantitative estimate of drug-likeness (QED) is 0.315. The monoisotopic (exact) mass is 517 g/mol. The fraction of sp³-hybridized carbons (Fsp3) is 0.0476. The maximum absolute atomic E-state index is 12.5. The third kappa shape index (κ3) is 3.99. The average molecular weight is 520 g/mol. The van der Waals surface area contributed by atoms with E-state index in [0.717, 1.165) is 31.4 Å². The van der Waals surface area contributed by atoms with Crippen LogP contribution in [0.15, 0.2) is 82.0 Å². The van der Waals surface area contributed by atoms with Crippen molar-refractivity contribution in [3.8, 4) is 11.3 Å². The summed E-state index contributed by atoms with van der Waals surface area (Å²) in [5.74, 6) is -0.272. The van der Waals surface area contributed by atoms with Crippen LogP contribution in [0.25, 0.3) is 16.9 Å². The molecule has 140 valence electrons. The van der Waals surface area contributed by atoms with Crippen LogP contribution in [0.3, 0.4) is 0 Å². The van der Waals surface area contributed by atoms with E-state index in [1.807, 2.05) is 77.5 Å². The summed E-state index contributed by atoms with van der Waals surface area (Å²) >= 11 is 13.3. The summed E-state index contributed by atoms with van der Waals surface area (Å²) in [6, 6.07) is 18.8. The summed E-state index contributed by atoms with van der Waals surface area (Å²) in [6.45, 7) is 0. The van der Waals surface area contributed by atoms with Crippen molar-refractivity contribution in [2.24, 2.45) is 0 Å². The Morgan fingerprint density at radius 3 is 2.61 bits per heavy atom. The van der Waals surface area contributed by atoms with Crippen molar-refractivity contribution in [1.82, 2.24) is 9.38 Å². The van der Waals surface area contributed by atoms with Crippen LogP contribution >= 0.6 is 43.5 Å². The number of nitrogens with one attached hydrogen (secondary N) is 1. The number of pyridine rings is 1. The summed E-state index contributed by atoms with van der Waals surface area (Å²) in [5.41, 5.74) is 3.95. The van der Waals surface area contributed by atoms with Gasteiger partial charge in [0.15, 0.2) is 5.65 Å². The number of fused-ring (bicyclic) bond motifs is 1. The Morgan fingerprint density at radius 1 is 1.04 bits per heavy atom. The van der Waals surface area contributed by atoms with E-state index in [9.17, 15) is 4.79 Å². The Kier molecular flexibility index (Phi) is 5.53. The predicted molar refractivity (Wildman–Crippen MR) is 120 cm³/mol. The number of hydrogen-bond donors (Lipinski definition) is 1. The molecule has 7 heteroatoms. The van der Waals surface area contributed by atoms with E-state index in [-0.39, 0.29) is 5.91 Å². The third-order valence-corrected chi connectivity index (χ3v) is 5.69. The van der Waals surface area contributed by atoms with Crippen LogP contribution in [0.1, 0.15) is 10.9 Å². The molecule has 0 radical (unpaired) electrons. The number of hydrogen-bond acceptors (Lipinski definition) is 2. The molecular weight excluding hydrogens is 506 g/mol. The number of imidazole rings is 1. The Labute approximate surface area is 183 Å². The maximum atomic E-state index is 12.5. The van der Waals surface area contributed by atoms with Crippen LogP contribution < -0.4 is 5.32 Å².